The molecule has 0 bridgehead atoms. The number of carbonyl (C=O) groups excluding carboxylic acids is 1. The Labute approximate surface area is 146 Å². The van der Waals surface area contributed by atoms with Crippen LogP contribution in [0.5, 0.6) is 0 Å². The molecule has 2 rings (SSSR count). The third kappa shape index (κ3) is 3.91. The molecule has 0 fully saturated rings. The number of nitrogens with zero attached hydrogens (tertiary/aromatic N) is 2. The van der Waals surface area contributed by atoms with E-state index in [4.69, 9.17) is 0 Å². The van der Waals surface area contributed by atoms with Crippen LogP contribution in [0, 0.1) is 20.2 Å². The summed E-state index contributed by atoms with van der Waals surface area (Å²) in [4.78, 5) is 30.1. The molecule has 0 amide bonds. The second-order valence-electron chi connectivity index (χ2n) is 4.74. The first-order chi connectivity index (χ1) is 12.0. The summed E-state index contributed by atoms with van der Waals surface area (Å²) >= 11 is 0.300. The van der Waals surface area contributed by atoms with Gasteiger partial charge in [0.05, 0.1) is 21.4 Å². The first-order valence-electron chi connectivity index (χ1n) is 6.54. The van der Waals surface area contributed by atoms with Crippen molar-refractivity contribution >= 4 is 29.1 Å². The van der Waals surface area contributed by atoms with Crippen molar-refractivity contribution in [1.29, 1.82) is 0 Å². The van der Waals surface area contributed by atoms with Crippen LogP contribution >= 0.6 is 11.8 Å². The van der Waals surface area contributed by atoms with Crippen molar-refractivity contribution in [3.63, 3.8) is 0 Å². The molecule has 0 unspecified atom stereocenters. The van der Waals surface area contributed by atoms with Gasteiger partial charge in [-0.15, -0.1) is 0 Å². The number of alkyl halides is 3. The maximum atomic E-state index is 12.9. The molecular formula is C14H6F3N2O6S-. The number of carbonyl (C=O) groups is 1. The third-order valence-corrected chi connectivity index (χ3v) is 4.29. The Hall–Kier alpha value is -3.15. The number of halogens is 3. The number of nitro groups is 2. The highest BCUT2D eigenvalue weighted by Crippen LogP contribution is 2.45. The van der Waals surface area contributed by atoms with Crippen LogP contribution in [0.15, 0.2) is 46.2 Å². The molecule has 136 valence electrons. The van der Waals surface area contributed by atoms with Crippen molar-refractivity contribution in [3.8, 4) is 0 Å². The Bertz CT molecular complexity index is 881. The molecule has 0 N–H and O–H groups in total. The van der Waals surface area contributed by atoms with E-state index >= 15 is 0 Å². The molecule has 26 heavy (non-hydrogen) atoms. The summed E-state index contributed by atoms with van der Waals surface area (Å²) in [6, 6.07) is 5.30. The standard InChI is InChI=1S/C14H7F3N2O6S/c15-14(16,17)7-5-9(18(22)23)12(10(6-7)19(24)25)26-11-4-2-1-3-8(11)13(20)21/h1-6H,(H,20,21)/p-1. The van der Waals surface area contributed by atoms with Gasteiger partial charge in [0, 0.05) is 22.6 Å². The number of carboxylic acid groups (broad SMARTS) is 1. The SMILES string of the molecule is O=C([O-])c1ccccc1Sc1c([N+](=O)[O-])cc(C(F)(F)F)cc1[N+](=O)[O-]. The van der Waals surface area contributed by atoms with Crippen LogP contribution in [-0.4, -0.2) is 15.8 Å². The number of hydrogen-bond acceptors (Lipinski definition) is 7. The molecule has 0 atom stereocenters. The van der Waals surface area contributed by atoms with Crippen LogP contribution < -0.4 is 5.11 Å². The smallest absolute Gasteiger partial charge is 0.416 e. The lowest BCUT2D eigenvalue weighted by Gasteiger charge is -2.12. The highest BCUT2D eigenvalue weighted by Gasteiger charge is 2.38. The van der Waals surface area contributed by atoms with Crippen molar-refractivity contribution in [2.75, 3.05) is 0 Å². The van der Waals surface area contributed by atoms with E-state index in [1.807, 2.05) is 0 Å². The summed E-state index contributed by atoms with van der Waals surface area (Å²) in [5.41, 5.74) is -4.30. The van der Waals surface area contributed by atoms with E-state index in [1.165, 1.54) is 18.2 Å². The van der Waals surface area contributed by atoms with Gasteiger partial charge in [0.25, 0.3) is 11.4 Å². The Morgan fingerprint density at radius 3 is 1.92 bits per heavy atom. The van der Waals surface area contributed by atoms with Gasteiger partial charge in [-0.1, -0.05) is 30.0 Å². The molecule has 0 aliphatic heterocycles. The minimum Gasteiger partial charge on any atom is -0.545 e. The van der Waals surface area contributed by atoms with E-state index in [1.54, 1.807) is 0 Å². The second kappa shape index (κ2) is 7.00. The maximum absolute atomic E-state index is 12.9. The van der Waals surface area contributed by atoms with E-state index in [0.717, 1.165) is 6.07 Å². The van der Waals surface area contributed by atoms with Gasteiger partial charge in [0.1, 0.15) is 0 Å². The molecule has 0 heterocycles. The fourth-order valence-electron chi connectivity index (χ4n) is 1.97. The highest BCUT2D eigenvalue weighted by atomic mass is 32.2. The van der Waals surface area contributed by atoms with E-state index in [2.05, 4.69) is 0 Å². The van der Waals surface area contributed by atoms with Gasteiger partial charge in [-0.2, -0.15) is 13.2 Å². The topological polar surface area (TPSA) is 126 Å². The molecule has 2 aromatic carbocycles. The Balaban J connectivity index is 2.73. The van der Waals surface area contributed by atoms with Crippen molar-refractivity contribution in [3.05, 3.63) is 67.8 Å². The largest absolute Gasteiger partial charge is 0.545 e. The molecule has 12 heteroatoms. The molecule has 0 aliphatic carbocycles. The molecule has 8 nitrogen and oxygen atoms in total. The lowest BCUT2D eigenvalue weighted by molar-refractivity contribution is -0.400. The number of hydrogen-bond donors (Lipinski definition) is 0. The van der Waals surface area contributed by atoms with Crippen molar-refractivity contribution in [2.45, 2.75) is 16.0 Å². The zero-order valence-electron chi connectivity index (χ0n) is 12.4. The number of benzene rings is 2. The van der Waals surface area contributed by atoms with Crippen LogP contribution in [0.25, 0.3) is 0 Å². The Kier molecular flexibility index (Phi) is 5.16. The fraction of sp³-hybridized carbons (Fsp3) is 0.0714. The normalized spacial score (nSPS) is 11.2. The quantitative estimate of drug-likeness (QED) is 0.570. The zero-order valence-corrected chi connectivity index (χ0v) is 13.2. The molecule has 0 aromatic heterocycles. The first-order valence-corrected chi connectivity index (χ1v) is 7.36. The minimum atomic E-state index is -5.04. The van der Waals surface area contributed by atoms with E-state index in [9.17, 15) is 43.3 Å². The minimum absolute atomic E-state index is 0.154. The number of rotatable bonds is 5. The Morgan fingerprint density at radius 1 is 1.00 bits per heavy atom. The van der Waals surface area contributed by atoms with Gasteiger partial charge in [-0.3, -0.25) is 20.2 Å². The lowest BCUT2D eigenvalue weighted by Crippen LogP contribution is -2.22. The molecular weight excluding hydrogens is 381 g/mol. The van der Waals surface area contributed by atoms with Crippen LogP contribution in [0.1, 0.15) is 15.9 Å². The second-order valence-corrected chi connectivity index (χ2v) is 5.79. The highest BCUT2D eigenvalue weighted by molar-refractivity contribution is 7.99. The van der Waals surface area contributed by atoms with E-state index < -0.39 is 49.4 Å². The van der Waals surface area contributed by atoms with Crippen LogP contribution in [-0.2, 0) is 6.18 Å². The summed E-state index contributed by atoms with van der Waals surface area (Å²) < 4.78 is 38.6. The predicted molar refractivity (Wildman–Crippen MR) is 79.6 cm³/mol. The lowest BCUT2D eigenvalue weighted by atomic mass is 10.1. The predicted octanol–water partition coefficient (Wildman–Crippen LogP) is 3.04. The summed E-state index contributed by atoms with van der Waals surface area (Å²) in [5.74, 6) is -1.65. The Morgan fingerprint density at radius 2 is 1.50 bits per heavy atom. The van der Waals surface area contributed by atoms with E-state index in [-0.39, 0.29) is 17.0 Å². The van der Waals surface area contributed by atoms with Crippen LogP contribution in [0.3, 0.4) is 0 Å². The molecule has 0 aliphatic rings. The summed E-state index contributed by atoms with van der Waals surface area (Å²) in [6.07, 6.45) is -5.04. The van der Waals surface area contributed by atoms with Crippen molar-refractivity contribution in [2.24, 2.45) is 0 Å². The average molecular weight is 387 g/mol. The van der Waals surface area contributed by atoms with Crippen LogP contribution in [0.2, 0.25) is 0 Å². The zero-order chi connectivity index (χ0) is 19.6. The van der Waals surface area contributed by atoms with Crippen molar-refractivity contribution in [1.82, 2.24) is 0 Å². The molecule has 0 spiro atoms. The van der Waals surface area contributed by atoms with Gasteiger partial charge in [0.15, 0.2) is 4.90 Å². The number of nitro benzene ring substituents is 2. The molecule has 0 saturated heterocycles. The van der Waals surface area contributed by atoms with Gasteiger partial charge in [-0.05, 0) is 6.07 Å². The summed E-state index contributed by atoms with van der Waals surface area (Å²) in [7, 11) is 0. The van der Waals surface area contributed by atoms with Crippen molar-refractivity contribution < 1.29 is 32.9 Å². The van der Waals surface area contributed by atoms with Gasteiger partial charge >= 0.3 is 6.18 Å². The van der Waals surface area contributed by atoms with Gasteiger partial charge in [0.2, 0.25) is 0 Å². The summed E-state index contributed by atoms with van der Waals surface area (Å²) in [5, 5.41) is 33.4. The fourth-order valence-corrected chi connectivity index (χ4v) is 3.08. The first kappa shape index (κ1) is 19.2. The number of aromatic carboxylic acids is 1. The molecule has 2 aromatic rings. The number of carboxylic acids is 1. The maximum Gasteiger partial charge on any atom is 0.416 e. The van der Waals surface area contributed by atoms with E-state index in [0.29, 0.717) is 11.8 Å². The van der Waals surface area contributed by atoms with Gasteiger partial charge in [-0.25, -0.2) is 0 Å². The summed E-state index contributed by atoms with van der Waals surface area (Å²) in [6.45, 7) is 0. The average Bonchev–Trinajstić information content (AvgIpc) is 2.53. The van der Waals surface area contributed by atoms with Gasteiger partial charge < -0.3 is 9.90 Å². The monoisotopic (exact) mass is 387 g/mol. The molecule has 0 radical (unpaired) electrons. The third-order valence-electron chi connectivity index (χ3n) is 3.09. The molecule has 0 saturated carbocycles. The van der Waals surface area contributed by atoms with Crippen LogP contribution in [0.4, 0.5) is 24.5 Å².